The normalized spacial score (nSPS) is 21.3. The molecular formula is C28H50N2. The number of terminal acetylenes is 1. The molecule has 2 aliphatic rings. The number of hydrogen-bond acceptors (Lipinski definition) is 2. The van der Waals surface area contributed by atoms with Gasteiger partial charge < -0.3 is 10.6 Å². The van der Waals surface area contributed by atoms with Gasteiger partial charge in [-0.3, -0.25) is 0 Å². The van der Waals surface area contributed by atoms with Gasteiger partial charge in [-0.15, -0.1) is 18.6 Å². The summed E-state index contributed by atoms with van der Waals surface area (Å²) in [5.74, 6) is 2.33. The highest BCUT2D eigenvalue weighted by molar-refractivity contribution is 5.25. The standard InChI is InChI=1S/C19H31N.C3H8.C3H4.C2H2.CH5N/c1-5-19-13-17(9-8-16(19)4)10-11-18-7-6-12-20(14-18)15(2)3;2*1-3-2;2*1-2/h8-9,13,16,18-19H,2,5-7,10-12,14H2,1,3-4H3;3H2,1-2H3;1-2H2;1-2H;2H2,1H3. The van der Waals surface area contributed by atoms with Gasteiger partial charge in [0.15, 0.2) is 0 Å². The predicted octanol–water partition coefficient (Wildman–Crippen LogP) is 7.37. The molecule has 0 aromatic rings. The van der Waals surface area contributed by atoms with Gasteiger partial charge in [0.2, 0.25) is 0 Å². The maximum absolute atomic E-state index is 4.50. The quantitative estimate of drug-likeness (QED) is 0.376. The molecule has 1 fully saturated rings. The van der Waals surface area contributed by atoms with Crippen molar-refractivity contribution in [2.45, 2.75) is 73.1 Å². The Hall–Kier alpha value is -1.94. The summed E-state index contributed by atoms with van der Waals surface area (Å²) in [6.07, 6.45) is 23.2. The van der Waals surface area contributed by atoms with Crippen LogP contribution in [0.3, 0.4) is 0 Å². The number of rotatable bonds is 5. The molecule has 0 aromatic heterocycles. The van der Waals surface area contributed by atoms with Crippen molar-refractivity contribution in [2.24, 2.45) is 23.5 Å². The zero-order valence-electron chi connectivity index (χ0n) is 20.9. The highest BCUT2D eigenvalue weighted by Gasteiger charge is 2.20. The largest absolute Gasteiger partial charge is 0.375 e. The van der Waals surface area contributed by atoms with E-state index < -0.39 is 0 Å². The summed E-state index contributed by atoms with van der Waals surface area (Å²) >= 11 is 0. The van der Waals surface area contributed by atoms with E-state index in [1.165, 1.54) is 64.4 Å². The second kappa shape index (κ2) is 23.3. The van der Waals surface area contributed by atoms with E-state index in [1.54, 1.807) is 5.57 Å². The fourth-order valence-electron chi connectivity index (χ4n) is 3.57. The molecule has 0 spiro atoms. The van der Waals surface area contributed by atoms with Gasteiger partial charge in [0, 0.05) is 18.8 Å². The van der Waals surface area contributed by atoms with Gasteiger partial charge in [-0.25, -0.2) is 0 Å². The topological polar surface area (TPSA) is 29.3 Å². The SMILES string of the molecule is C#C.C=C(C)N1CCCC(CCC2=CC(CC)C(C)C=C2)C1.C=C=C.CCC.CN. The first-order valence-corrected chi connectivity index (χ1v) is 11.4. The minimum Gasteiger partial charge on any atom is -0.375 e. The highest BCUT2D eigenvalue weighted by Crippen LogP contribution is 2.30. The van der Waals surface area contributed by atoms with E-state index in [0.29, 0.717) is 0 Å². The summed E-state index contributed by atoms with van der Waals surface area (Å²) in [4.78, 5) is 2.47. The van der Waals surface area contributed by atoms with Gasteiger partial charge in [0.05, 0.1) is 0 Å². The fraction of sp³-hybridized carbons (Fsp3) is 0.607. The van der Waals surface area contributed by atoms with Crippen LogP contribution in [0, 0.1) is 30.6 Å². The molecule has 3 atom stereocenters. The predicted molar refractivity (Wildman–Crippen MR) is 139 cm³/mol. The van der Waals surface area contributed by atoms with Crippen LogP contribution in [-0.2, 0) is 0 Å². The number of piperidine rings is 1. The Balaban J connectivity index is -0.000000626. The molecule has 1 saturated heterocycles. The number of allylic oxidation sites excluding steroid dienone is 5. The Bertz CT molecular complexity index is 518. The third-order valence-corrected chi connectivity index (χ3v) is 5.09. The second-order valence-electron chi connectivity index (χ2n) is 7.72. The van der Waals surface area contributed by atoms with E-state index in [9.17, 15) is 0 Å². The van der Waals surface area contributed by atoms with Crippen LogP contribution in [0.15, 0.2) is 55.0 Å². The lowest BCUT2D eigenvalue weighted by atomic mass is 9.83. The summed E-state index contributed by atoms with van der Waals surface area (Å²) in [6.45, 7) is 23.8. The third-order valence-electron chi connectivity index (χ3n) is 5.09. The smallest absolute Gasteiger partial charge is 0.0203 e. The van der Waals surface area contributed by atoms with Crippen LogP contribution in [0.25, 0.3) is 0 Å². The summed E-state index contributed by atoms with van der Waals surface area (Å²) in [7, 11) is 1.50. The minimum absolute atomic E-state index is 0.720. The van der Waals surface area contributed by atoms with Gasteiger partial charge in [-0.05, 0) is 63.8 Å². The second-order valence-corrected chi connectivity index (χ2v) is 7.72. The first kappa shape index (κ1) is 32.7. The van der Waals surface area contributed by atoms with E-state index in [0.717, 1.165) is 17.8 Å². The van der Waals surface area contributed by atoms with Gasteiger partial charge in [-0.2, -0.15) is 0 Å². The first-order valence-electron chi connectivity index (χ1n) is 11.4. The molecule has 30 heavy (non-hydrogen) atoms. The third kappa shape index (κ3) is 15.9. The zero-order chi connectivity index (χ0) is 23.9. The van der Waals surface area contributed by atoms with Crippen molar-refractivity contribution in [1.82, 2.24) is 4.90 Å². The summed E-state index contributed by atoms with van der Waals surface area (Å²) < 4.78 is 0. The average Bonchev–Trinajstić information content (AvgIpc) is 2.77. The maximum atomic E-state index is 4.50. The Morgan fingerprint density at radius 2 is 1.77 bits per heavy atom. The molecule has 172 valence electrons. The summed E-state index contributed by atoms with van der Waals surface area (Å²) in [6, 6.07) is 0. The van der Waals surface area contributed by atoms with E-state index in [-0.39, 0.29) is 0 Å². The summed E-state index contributed by atoms with van der Waals surface area (Å²) in [5, 5.41) is 0. The Labute approximate surface area is 189 Å². The van der Waals surface area contributed by atoms with Gasteiger partial charge in [0.1, 0.15) is 0 Å². The molecule has 0 amide bonds. The number of nitrogens with zero attached hydrogens (tertiary/aromatic N) is 1. The highest BCUT2D eigenvalue weighted by atomic mass is 15.1. The van der Waals surface area contributed by atoms with Crippen LogP contribution in [-0.4, -0.2) is 25.0 Å². The lowest BCUT2D eigenvalue weighted by Gasteiger charge is -2.34. The molecule has 0 bridgehead atoms. The van der Waals surface area contributed by atoms with Crippen LogP contribution in [0.1, 0.15) is 73.1 Å². The van der Waals surface area contributed by atoms with E-state index in [2.05, 4.69) is 102 Å². The lowest BCUT2D eigenvalue weighted by Crippen LogP contribution is -2.33. The fourth-order valence-corrected chi connectivity index (χ4v) is 3.57. The molecule has 2 heteroatoms. The van der Waals surface area contributed by atoms with E-state index in [4.69, 9.17) is 0 Å². The maximum Gasteiger partial charge on any atom is 0.0203 e. The van der Waals surface area contributed by atoms with E-state index in [1.807, 2.05) is 0 Å². The average molecular weight is 415 g/mol. The Kier molecular flexibility index (Phi) is 25.5. The van der Waals surface area contributed by atoms with Crippen LogP contribution in [0.2, 0.25) is 0 Å². The molecule has 2 rings (SSSR count). The van der Waals surface area contributed by atoms with E-state index >= 15 is 0 Å². The van der Waals surface area contributed by atoms with Crippen molar-refractivity contribution in [3.63, 3.8) is 0 Å². The number of nitrogens with two attached hydrogens (primary N) is 1. The monoisotopic (exact) mass is 414 g/mol. The number of likely N-dealkylation sites (tertiary alicyclic amines) is 1. The molecule has 0 aromatic carbocycles. The molecule has 1 aliphatic carbocycles. The number of hydrogen-bond donors (Lipinski definition) is 1. The molecule has 3 unspecified atom stereocenters. The Morgan fingerprint density at radius 3 is 2.23 bits per heavy atom. The van der Waals surface area contributed by atoms with Crippen molar-refractivity contribution >= 4 is 0 Å². The van der Waals surface area contributed by atoms with Crippen molar-refractivity contribution in [3.8, 4) is 12.8 Å². The molecule has 0 radical (unpaired) electrons. The lowest BCUT2D eigenvalue weighted by molar-refractivity contribution is 0.210. The molecule has 1 heterocycles. The first-order chi connectivity index (χ1) is 14.4. The zero-order valence-corrected chi connectivity index (χ0v) is 20.9. The Morgan fingerprint density at radius 1 is 1.23 bits per heavy atom. The van der Waals surface area contributed by atoms with Crippen LogP contribution < -0.4 is 5.73 Å². The molecule has 2 N–H and O–H groups in total. The van der Waals surface area contributed by atoms with Crippen molar-refractivity contribution in [1.29, 1.82) is 0 Å². The molecule has 1 aliphatic heterocycles. The van der Waals surface area contributed by atoms with Crippen LogP contribution in [0.4, 0.5) is 0 Å². The van der Waals surface area contributed by atoms with Crippen molar-refractivity contribution < 1.29 is 0 Å². The van der Waals surface area contributed by atoms with Crippen LogP contribution >= 0.6 is 0 Å². The van der Waals surface area contributed by atoms with Crippen molar-refractivity contribution in [2.75, 3.05) is 20.1 Å². The van der Waals surface area contributed by atoms with Gasteiger partial charge in [0.25, 0.3) is 0 Å². The molecule has 2 nitrogen and oxygen atoms in total. The van der Waals surface area contributed by atoms with Gasteiger partial charge in [-0.1, -0.05) is 77.7 Å². The van der Waals surface area contributed by atoms with Crippen LogP contribution in [0.5, 0.6) is 0 Å². The van der Waals surface area contributed by atoms with Crippen molar-refractivity contribution in [3.05, 3.63) is 55.0 Å². The summed E-state index contributed by atoms with van der Waals surface area (Å²) in [5.41, 5.74) is 9.56. The van der Waals surface area contributed by atoms with Gasteiger partial charge >= 0.3 is 0 Å². The minimum atomic E-state index is 0.720. The molecule has 0 saturated carbocycles. The molecular weight excluding hydrogens is 364 g/mol.